The first kappa shape index (κ1) is 13.6. The molecule has 0 spiro atoms. The summed E-state index contributed by atoms with van der Waals surface area (Å²) in [6, 6.07) is 11.0. The van der Waals surface area contributed by atoms with Crippen LogP contribution in [0.2, 0.25) is 0 Å². The van der Waals surface area contributed by atoms with Crippen molar-refractivity contribution in [3.8, 4) is 6.07 Å². The van der Waals surface area contributed by atoms with Crippen LogP contribution in [0.15, 0.2) is 30.5 Å². The van der Waals surface area contributed by atoms with Gasteiger partial charge < -0.3 is 9.47 Å². The molecule has 0 aliphatic carbocycles. The molecule has 0 aliphatic rings. The van der Waals surface area contributed by atoms with Gasteiger partial charge in [-0.25, -0.2) is 0 Å². The van der Waals surface area contributed by atoms with Crippen molar-refractivity contribution >= 4 is 10.9 Å². The van der Waals surface area contributed by atoms with E-state index in [0.717, 1.165) is 6.42 Å². The summed E-state index contributed by atoms with van der Waals surface area (Å²) >= 11 is 0. The molecule has 2 atom stereocenters. The van der Waals surface area contributed by atoms with Gasteiger partial charge in [-0.1, -0.05) is 25.1 Å². The second-order valence-corrected chi connectivity index (χ2v) is 5.26. The Morgan fingerprint density at radius 1 is 1.32 bits per heavy atom. The molecule has 0 fully saturated rings. The number of benzene rings is 1. The monoisotopic (exact) mass is 255 g/mol. The Kier molecular flexibility index (Phi) is 3.92. The zero-order valence-electron chi connectivity index (χ0n) is 12.1. The minimum Gasteiger partial charge on any atom is -0.350 e. The van der Waals surface area contributed by atoms with Crippen molar-refractivity contribution in [2.24, 2.45) is 13.0 Å². The van der Waals surface area contributed by atoms with Crippen LogP contribution in [0.5, 0.6) is 0 Å². The van der Waals surface area contributed by atoms with Gasteiger partial charge in [-0.05, 0) is 32.1 Å². The normalized spacial score (nSPS) is 14.5. The Morgan fingerprint density at radius 2 is 2.00 bits per heavy atom. The van der Waals surface area contributed by atoms with Gasteiger partial charge in [-0.15, -0.1) is 0 Å². The number of rotatable bonds is 4. The molecule has 1 aromatic heterocycles. The highest BCUT2D eigenvalue weighted by atomic mass is 15.1. The van der Waals surface area contributed by atoms with Gasteiger partial charge in [0.2, 0.25) is 0 Å². The molecule has 0 aliphatic heterocycles. The quantitative estimate of drug-likeness (QED) is 0.839. The van der Waals surface area contributed by atoms with Crippen LogP contribution in [0.4, 0.5) is 0 Å². The number of para-hydroxylation sites is 1. The zero-order valence-corrected chi connectivity index (χ0v) is 12.1. The van der Waals surface area contributed by atoms with Crippen molar-refractivity contribution in [3.63, 3.8) is 0 Å². The predicted molar refractivity (Wildman–Crippen MR) is 78.7 cm³/mol. The van der Waals surface area contributed by atoms with E-state index in [1.807, 2.05) is 14.1 Å². The summed E-state index contributed by atoms with van der Waals surface area (Å²) in [5.41, 5.74) is 2.47. The van der Waals surface area contributed by atoms with Gasteiger partial charge in [0.05, 0.1) is 18.0 Å². The fourth-order valence-corrected chi connectivity index (χ4v) is 2.85. The van der Waals surface area contributed by atoms with E-state index in [-0.39, 0.29) is 12.0 Å². The van der Waals surface area contributed by atoms with E-state index in [1.165, 1.54) is 16.5 Å². The molecule has 0 saturated heterocycles. The highest BCUT2D eigenvalue weighted by Gasteiger charge is 2.26. The van der Waals surface area contributed by atoms with Crippen molar-refractivity contribution in [2.75, 3.05) is 14.1 Å². The molecular formula is C16H21N3. The fourth-order valence-electron chi connectivity index (χ4n) is 2.85. The van der Waals surface area contributed by atoms with E-state index in [1.54, 1.807) is 0 Å². The van der Waals surface area contributed by atoms with Crippen LogP contribution >= 0.6 is 0 Å². The smallest absolute Gasteiger partial charge is 0.0675 e. The molecule has 0 saturated carbocycles. The first-order valence-corrected chi connectivity index (χ1v) is 6.70. The molecule has 19 heavy (non-hydrogen) atoms. The molecule has 0 radical (unpaired) electrons. The van der Waals surface area contributed by atoms with Gasteiger partial charge in [0.1, 0.15) is 0 Å². The van der Waals surface area contributed by atoms with Crippen molar-refractivity contribution in [1.82, 2.24) is 9.47 Å². The largest absolute Gasteiger partial charge is 0.350 e. The summed E-state index contributed by atoms with van der Waals surface area (Å²) in [6.45, 7) is 2.08. The number of fused-ring (bicyclic) bond motifs is 1. The molecule has 1 aromatic carbocycles. The van der Waals surface area contributed by atoms with Crippen LogP contribution in [0, 0.1) is 17.2 Å². The second-order valence-electron chi connectivity index (χ2n) is 5.26. The van der Waals surface area contributed by atoms with E-state index < -0.39 is 0 Å². The Labute approximate surface area is 115 Å². The van der Waals surface area contributed by atoms with E-state index >= 15 is 0 Å². The maximum absolute atomic E-state index is 9.40. The third-order valence-electron chi connectivity index (χ3n) is 3.79. The average molecular weight is 255 g/mol. The summed E-state index contributed by atoms with van der Waals surface area (Å²) in [5, 5.41) is 10.6. The molecule has 2 unspecified atom stereocenters. The maximum atomic E-state index is 9.40. The molecule has 1 heterocycles. The fraction of sp³-hybridized carbons (Fsp3) is 0.438. The maximum Gasteiger partial charge on any atom is 0.0675 e. The van der Waals surface area contributed by atoms with Gasteiger partial charge >= 0.3 is 0 Å². The van der Waals surface area contributed by atoms with Gasteiger partial charge in [-0.3, -0.25) is 0 Å². The average Bonchev–Trinajstić information content (AvgIpc) is 2.73. The summed E-state index contributed by atoms with van der Waals surface area (Å²) in [6.07, 6.45) is 3.03. The van der Waals surface area contributed by atoms with E-state index in [9.17, 15) is 5.26 Å². The lowest BCUT2D eigenvalue weighted by Crippen LogP contribution is -2.26. The Morgan fingerprint density at radius 3 is 2.58 bits per heavy atom. The van der Waals surface area contributed by atoms with E-state index in [2.05, 4.69) is 60.0 Å². The molecule has 3 nitrogen and oxygen atoms in total. The number of aromatic nitrogens is 1. The first-order chi connectivity index (χ1) is 9.10. The lowest BCUT2D eigenvalue weighted by Gasteiger charge is -2.27. The summed E-state index contributed by atoms with van der Waals surface area (Å²) < 4.78 is 2.14. The SMILES string of the molecule is CCC(C#N)C(c1cn(C)c2ccccc12)N(C)C. The standard InChI is InChI=1S/C16H21N3/c1-5-12(10-17)16(18(2)3)14-11-19(4)15-9-7-6-8-13(14)15/h6-9,11-12,16H,5H2,1-4H3. The minimum absolute atomic E-state index is 0.0146. The van der Waals surface area contributed by atoms with Gasteiger partial charge in [-0.2, -0.15) is 5.26 Å². The number of aryl methyl sites for hydroxylation is 1. The number of nitrogens with zero attached hydrogens (tertiary/aromatic N) is 3. The van der Waals surface area contributed by atoms with Crippen LogP contribution in [0.3, 0.4) is 0 Å². The van der Waals surface area contributed by atoms with Crippen molar-refractivity contribution in [1.29, 1.82) is 5.26 Å². The zero-order chi connectivity index (χ0) is 14.0. The molecule has 0 amide bonds. The van der Waals surface area contributed by atoms with Crippen LogP contribution < -0.4 is 0 Å². The summed E-state index contributed by atoms with van der Waals surface area (Å²) in [5.74, 6) is 0.0146. The van der Waals surface area contributed by atoms with Crippen LogP contribution in [0.1, 0.15) is 24.9 Å². The Balaban J connectivity index is 2.60. The molecule has 0 bridgehead atoms. The minimum atomic E-state index is 0.0146. The van der Waals surface area contributed by atoms with Gasteiger partial charge in [0.15, 0.2) is 0 Å². The van der Waals surface area contributed by atoms with Crippen LogP contribution in [-0.4, -0.2) is 23.6 Å². The van der Waals surface area contributed by atoms with Gasteiger partial charge in [0.25, 0.3) is 0 Å². The molecular weight excluding hydrogens is 234 g/mol. The van der Waals surface area contributed by atoms with Crippen molar-refractivity contribution < 1.29 is 0 Å². The van der Waals surface area contributed by atoms with E-state index in [4.69, 9.17) is 0 Å². The Bertz CT molecular complexity index is 604. The summed E-state index contributed by atoms with van der Waals surface area (Å²) in [7, 11) is 6.16. The number of nitriles is 1. The van der Waals surface area contributed by atoms with E-state index in [0.29, 0.717) is 0 Å². The van der Waals surface area contributed by atoms with Crippen LogP contribution in [-0.2, 0) is 7.05 Å². The molecule has 3 heteroatoms. The van der Waals surface area contributed by atoms with Crippen molar-refractivity contribution in [3.05, 3.63) is 36.0 Å². The third kappa shape index (κ3) is 2.36. The van der Waals surface area contributed by atoms with Gasteiger partial charge in [0, 0.05) is 24.1 Å². The predicted octanol–water partition coefficient (Wildman–Crippen LogP) is 3.33. The number of hydrogen-bond acceptors (Lipinski definition) is 2. The highest BCUT2D eigenvalue weighted by Crippen LogP contribution is 2.34. The van der Waals surface area contributed by atoms with Crippen molar-refractivity contribution in [2.45, 2.75) is 19.4 Å². The number of hydrogen-bond donors (Lipinski definition) is 0. The topological polar surface area (TPSA) is 32.0 Å². The molecule has 2 rings (SSSR count). The summed E-state index contributed by atoms with van der Waals surface area (Å²) in [4.78, 5) is 2.15. The highest BCUT2D eigenvalue weighted by molar-refractivity contribution is 5.84. The Hall–Kier alpha value is -1.79. The molecule has 2 aromatic rings. The second kappa shape index (κ2) is 5.46. The lowest BCUT2D eigenvalue weighted by molar-refractivity contribution is 0.243. The van der Waals surface area contributed by atoms with Crippen LogP contribution in [0.25, 0.3) is 10.9 Å². The molecule has 100 valence electrons. The molecule has 0 N–H and O–H groups in total. The first-order valence-electron chi connectivity index (χ1n) is 6.70. The lowest BCUT2D eigenvalue weighted by atomic mass is 9.91. The third-order valence-corrected chi connectivity index (χ3v) is 3.79.